The molecule has 0 atom stereocenters. The zero-order chi connectivity index (χ0) is 18.8. The Morgan fingerprint density at radius 3 is 2.65 bits per heavy atom. The van der Waals surface area contributed by atoms with Gasteiger partial charge in [-0.3, -0.25) is 14.9 Å². The van der Waals surface area contributed by atoms with E-state index in [1.807, 2.05) is 30.3 Å². The van der Waals surface area contributed by atoms with Crippen LogP contribution < -0.4 is 5.32 Å². The van der Waals surface area contributed by atoms with Crippen LogP contribution in [0.15, 0.2) is 54.6 Å². The molecule has 0 unspecified atom stereocenters. The molecule has 7 heteroatoms. The van der Waals surface area contributed by atoms with Crippen molar-refractivity contribution in [2.45, 2.75) is 13.0 Å². The molecule has 0 heterocycles. The molecule has 0 spiro atoms. The lowest BCUT2D eigenvalue weighted by atomic mass is 10.1. The molecular weight excluding hydrogens is 336 g/mol. The maximum atomic E-state index is 11.6. The van der Waals surface area contributed by atoms with Gasteiger partial charge in [-0.15, -0.1) is 0 Å². The van der Waals surface area contributed by atoms with Gasteiger partial charge in [-0.25, -0.2) is 4.79 Å². The fourth-order valence-corrected chi connectivity index (χ4v) is 2.17. The summed E-state index contributed by atoms with van der Waals surface area (Å²) in [5, 5.41) is 13.5. The van der Waals surface area contributed by atoms with Crippen molar-refractivity contribution in [3.05, 3.63) is 81.4 Å². The highest BCUT2D eigenvalue weighted by Gasteiger charge is 2.12. The van der Waals surface area contributed by atoms with Crippen molar-refractivity contribution in [3.63, 3.8) is 0 Å². The van der Waals surface area contributed by atoms with Crippen LogP contribution >= 0.6 is 0 Å². The maximum Gasteiger partial charge on any atom is 0.407 e. The standard InChI is InChI=1S/C19H18N2O5/c22-13-17-10-9-15(12-18(17)21(24)25)6-4-5-11-20-19(23)26-14-16-7-2-1-3-8-16/h1-4,6-10,12-13H,5,11,14H2,(H,20,23). The number of carbonyl (C=O) groups is 2. The lowest BCUT2D eigenvalue weighted by Crippen LogP contribution is -2.24. The second kappa shape index (κ2) is 9.73. The van der Waals surface area contributed by atoms with Crippen LogP contribution in [0.5, 0.6) is 0 Å². The zero-order valence-electron chi connectivity index (χ0n) is 14.0. The Morgan fingerprint density at radius 1 is 1.19 bits per heavy atom. The third kappa shape index (κ3) is 5.86. The average Bonchev–Trinajstić information content (AvgIpc) is 2.66. The molecule has 0 aromatic heterocycles. The van der Waals surface area contributed by atoms with Gasteiger partial charge in [0, 0.05) is 12.6 Å². The van der Waals surface area contributed by atoms with Gasteiger partial charge in [0.25, 0.3) is 5.69 Å². The second-order valence-electron chi connectivity index (χ2n) is 5.37. The van der Waals surface area contributed by atoms with Crippen molar-refractivity contribution in [2.24, 2.45) is 0 Å². The Morgan fingerprint density at radius 2 is 1.96 bits per heavy atom. The third-order valence-electron chi connectivity index (χ3n) is 3.48. The number of hydrogen-bond donors (Lipinski definition) is 1. The SMILES string of the molecule is O=Cc1ccc(C=CCCNC(=O)OCc2ccccc2)cc1[N+](=O)[O-]. The number of amides is 1. The molecular formula is C19H18N2O5. The van der Waals surface area contributed by atoms with E-state index in [1.54, 1.807) is 18.2 Å². The molecule has 0 aliphatic carbocycles. The van der Waals surface area contributed by atoms with Crippen LogP contribution in [-0.4, -0.2) is 23.8 Å². The predicted molar refractivity (Wildman–Crippen MR) is 96.8 cm³/mol. The Hall–Kier alpha value is -3.48. The van der Waals surface area contributed by atoms with E-state index in [2.05, 4.69) is 5.32 Å². The first-order valence-corrected chi connectivity index (χ1v) is 7.95. The monoisotopic (exact) mass is 354 g/mol. The lowest BCUT2D eigenvalue weighted by molar-refractivity contribution is -0.385. The van der Waals surface area contributed by atoms with Gasteiger partial charge in [0.15, 0.2) is 6.29 Å². The molecule has 0 aliphatic rings. The number of carbonyl (C=O) groups excluding carboxylic acids is 2. The minimum atomic E-state index is -0.592. The predicted octanol–water partition coefficient (Wildman–Crippen LogP) is 3.74. The molecule has 0 fully saturated rings. The number of alkyl carbamates (subject to hydrolysis) is 1. The normalized spacial score (nSPS) is 10.5. The van der Waals surface area contributed by atoms with Crippen LogP contribution in [0.2, 0.25) is 0 Å². The minimum Gasteiger partial charge on any atom is -0.445 e. The number of hydrogen-bond acceptors (Lipinski definition) is 5. The van der Waals surface area contributed by atoms with Gasteiger partial charge in [-0.2, -0.15) is 0 Å². The van der Waals surface area contributed by atoms with Gasteiger partial charge in [0.2, 0.25) is 0 Å². The first kappa shape index (κ1) is 18.9. The highest BCUT2D eigenvalue weighted by atomic mass is 16.6. The first-order valence-electron chi connectivity index (χ1n) is 7.95. The molecule has 2 aromatic rings. The van der Waals surface area contributed by atoms with Gasteiger partial charge in [-0.05, 0) is 23.6 Å². The summed E-state index contributed by atoms with van der Waals surface area (Å²) in [6, 6.07) is 13.7. The topological polar surface area (TPSA) is 98.5 Å². The average molecular weight is 354 g/mol. The van der Waals surface area contributed by atoms with Gasteiger partial charge < -0.3 is 10.1 Å². The molecule has 26 heavy (non-hydrogen) atoms. The second-order valence-corrected chi connectivity index (χ2v) is 5.37. The fraction of sp³-hybridized carbons (Fsp3) is 0.158. The molecule has 0 aliphatic heterocycles. The largest absolute Gasteiger partial charge is 0.445 e. The van der Waals surface area contributed by atoms with E-state index in [0.29, 0.717) is 24.8 Å². The summed E-state index contributed by atoms with van der Waals surface area (Å²) in [6.45, 7) is 0.577. The van der Waals surface area contributed by atoms with Crippen molar-refractivity contribution < 1.29 is 19.2 Å². The van der Waals surface area contributed by atoms with Crippen LogP contribution in [0, 0.1) is 10.1 Å². The molecule has 2 rings (SSSR count). The van der Waals surface area contributed by atoms with Gasteiger partial charge >= 0.3 is 6.09 Å². The number of nitrogens with zero attached hydrogens (tertiary/aromatic N) is 1. The van der Waals surface area contributed by atoms with Crippen molar-refractivity contribution in [2.75, 3.05) is 6.54 Å². The Labute approximate surface area is 150 Å². The summed E-state index contributed by atoms with van der Waals surface area (Å²) in [5.74, 6) is 0. The van der Waals surface area contributed by atoms with E-state index in [9.17, 15) is 19.7 Å². The molecule has 0 saturated heterocycles. The molecule has 7 nitrogen and oxygen atoms in total. The van der Waals surface area contributed by atoms with Crippen molar-refractivity contribution >= 4 is 24.1 Å². The lowest BCUT2D eigenvalue weighted by Gasteiger charge is -2.05. The number of nitro groups is 1. The Kier molecular flexibility index (Phi) is 7.05. The van der Waals surface area contributed by atoms with Crippen LogP contribution in [-0.2, 0) is 11.3 Å². The number of ether oxygens (including phenoxy) is 1. The molecule has 1 N–H and O–H groups in total. The molecule has 1 amide bonds. The van der Waals surface area contributed by atoms with Crippen LogP contribution in [0.25, 0.3) is 6.08 Å². The van der Waals surface area contributed by atoms with E-state index < -0.39 is 11.0 Å². The fourth-order valence-electron chi connectivity index (χ4n) is 2.17. The molecule has 0 saturated carbocycles. The Balaban J connectivity index is 1.75. The summed E-state index contributed by atoms with van der Waals surface area (Å²) >= 11 is 0. The molecule has 0 bridgehead atoms. The number of aldehydes is 1. The van der Waals surface area contributed by atoms with Crippen LogP contribution in [0.4, 0.5) is 10.5 Å². The van der Waals surface area contributed by atoms with Crippen molar-refractivity contribution in [3.8, 4) is 0 Å². The van der Waals surface area contributed by atoms with Gasteiger partial charge in [0.1, 0.15) is 6.61 Å². The van der Waals surface area contributed by atoms with E-state index in [-0.39, 0.29) is 17.9 Å². The summed E-state index contributed by atoms with van der Waals surface area (Å²) < 4.78 is 5.08. The zero-order valence-corrected chi connectivity index (χ0v) is 14.0. The van der Waals surface area contributed by atoms with Crippen molar-refractivity contribution in [1.82, 2.24) is 5.32 Å². The number of nitrogens with one attached hydrogen (secondary N) is 1. The summed E-state index contributed by atoms with van der Waals surface area (Å²) in [4.78, 5) is 32.7. The smallest absolute Gasteiger partial charge is 0.407 e. The molecule has 2 aromatic carbocycles. The van der Waals surface area contributed by atoms with E-state index in [1.165, 1.54) is 12.1 Å². The van der Waals surface area contributed by atoms with Crippen LogP contribution in [0.3, 0.4) is 0 Å². The number of nitro benzene ring substituents is 1. The Bertz CT molecular complexity index is 803. The quantitative estimate of drug-likeness (QED) is 0.337. The maximum absolute atomic E-state index is 11.6. The summed E-state index contributed by atoms with van der Waals surface area (Å²) in [5.41, 5.74) is 1.32. The minimum absolute atomic E-state index is 0.0370. The van der Waals surface area contributed by atoms with Gasteiger partial charge in [0.05, 0.1) is 10.5 Å². The van der Waals surface area contributed by atoms with Crippen molar-refractivity contribution in [1.29, 1.82) is 0 Å². The third-order valence-corrected chi connectivity index (χ3v) is 3.48. The molecule has 0 radical (unpaired) electrons. The van der Waals surface area contributed by atoms with Gasteiger partial charge in [-0.1, -0.05) is 48.6 Å². The van der Waals surface area contributed by atoms with E-state index in [0.717, 1.165) is 5.56 Å². The highest BCUT2D eigenvalue weighted by molar-refractivity contribution is 5.82. The molecule has 134 valence electrons. The van der Waals surface area contributed by atoms with E-state index in [4.69, 9.17) is 4.74 Å². The highest BCUT2D eigenvalue weighted by Crippen LogP contribution is 2.19. The van der Waals surface area contributed by atoms with Crippen LogP contribution in [0.1, 0.15) is 27.9 Å². The number of benzene rings is 2. The summed E-state index contributed by atoms with van der Waals surface area (Å²) in [7, 11) is 0. The first-order chi connectivity index (χ1) is 12.6. The summed E-state index contributed by atoms with van der Waals surface area (Å²) in [6.07, 6.45) is 3.95. The number of rotatable bonds is 8. The van der Waals surface area contributed by atoms with E-state index >= 15 is 0 Å².